The van der Waals surface area contributed by atoms with Gasteiger partial charge in [0.1, 0.15) is 5.76 Å². The standard InChI is InChI=1S/C13H20N2O4/c1-9-10(5-6-19-9)7-15(4)12(18)14-8-13(2,3)11(16)17/h5-6H,7-8H2,1-4H3,(H,14,18)(H,16,17). The summed E-state index contributed by atoms with van der Waals surface area (Å²) in [7, 11) is 1.65. The topological polar surface area (TPSA) is 82.8 Å². The molecule has 0 radical (unpaired) electrons. The molecule has 0 saturated heterocycles. The summed E-state index contributed by atoms with van der Waals surface area (Å²) < 4.78 is 5.15. The van der Waals surface area contributed by atoms with E-state index < -0.39 is 11.4 Å². The highest BCUT2D eigenvalue weighted by Gasteiger charge is 2.28. The minimum atomic E-state index is -0.984. The zero-order valence-electron chi connectivity index (χ0n) is 11.7. The molecular weight excluding hydrogens is 248 g/mol. The molecule has 2 N–H and O–H groups in total. The van der Waals surface area contributed by atoms with E-state index in [1.165, 1.54) is 4.90 Å². The summed E-state index contributed by atoms with van der Waals surface area (Å²) >= 11 is 0. The molecule has 6 nitrogen and oxygen atoms in total. The van der Waals surface area contributed by atoms with Gasteiger partial charge in [-0.05, 0) is 26.8 Å². The molecule has 0 aromatic carbocycles. The number of carboxylic acids is 1. The van der Waals surface area contributed by atoms with Crippen molar-refractivity contribution in [3.05, 3.63) is 23.7 Å². The van der Waals surface area contributed by atoms with Gasteiger partial charge in [-0.15, -0.1) is 0 Å². The Morgan fingerprint density at radius 3 is 2.58 bits per heavy atom. The van der Waals surface area contributed by atoms with Crippen molar-refractivity contribution in [2.45, 2.75) is 27.3 Å². The molecule has 0 saturated carbocycles. The smallest absolute Gasteiger partial charge is 0.317 e. The lowest BCUT2D eigenvalue weighted by molar-refractivity contribution is -0.146. The lowest BCUT2D eigenvalue weighted by Crippen LogP contribution is -2.44. The first kappa shape index (κ1) is 15.1. The lowest BCUT2D eigenvalue weighted by atomic mass is 9.94. The van der Waals surface area contributed by atoms with E-state index in [1.54, 1.807) is 33.2 Å². The lowest BCUT2D eigenvalue weighted by Gasteiger charge is -2.23. The first-order valence-corrected chi connectivity index (χ1v) is 5.99. The molecule has 0 bridgehead atoms. The molecule has 0 spiro atoms. The van der Waals surface area contributed by atoms with Gasteiger partial charge in [-0.3, -0.25) is 4.79 Å². The van der Waals surface area contributed by atoms with Crippen LogP contribution in [0.4, 0.5) is 4.79 Å². The number of rotatable bonds is 5. The molecule has 6 heteroatoms. The molecule has 19 heavy (non-hydrogen) atoms. The highest BCUT2D eigenvalue weighted by Crippen LogP contribution is 2.14. The minimum Gasteiger partial charge on any atom is -0.481 e. The van der Waals surface area contributed by atoms with Gasteiger partial charge < -0.3 is 19.7 Å². The summed E-state index contributed by atoms with van der Waals surface area (Å²) in [5, 5.41) is 11.6. The van der Waals surface area contributed by atoms with Crippen molar-refractivity contribution in [2.24, 2.45) is 5.41 Å². The molecule has 1 rings (SSSR count). The van der Waals surface area contributed by atoms with Gasteiger partial charge in [0.05, 0.1) is 18.2 Å². The second-order valence-corrected chi connectivity index (χ2v) is 5.21. The predicted octanol–water partition coefficient (Wildman–Crippen LogP) is 1.84. The van der Waals surface area contributed by atoms with E-state index in [2.05, 4.69) is 5.32 Å². The summed E-state index contributed by atoms with van der Waals surface area (Å²) in [5.74, 6) is -0.174. The highest BCUT2D eigenvalue weighted by atomic mass is 16.4. The molecule has 1 aromatic rings. The predicted molar refractivity (Wildman–Crippen MR) is 69.7 cm³/mol. The van der Waals surface area contributed by atoms with Crippen molar-refractivity contribution in [3.63, 3.8) is 0 Å². The quantitative estimate of drug-likeness (QED) is 0.853. The van der Waals surface area contributed by atoms with Crippen LogP contribution in [0, 0.1) is 12.3 Å². The molecule has 1 heterocycles. The van der Waals surface area contributed by atoms with E-state index in [-0.39, 0.29) is 12.6 Å². The van der Waals surface area contributed by atoms with Crippen LogP contribution in [0.3, 0.4) is 0 Å². The maximum Gasteiger partial charge on any atom is 0.317 e. The monoisotopic (exact) mass is 268 g/mol. The van der Waals surface area contributed by atoms with Crippen LogP contribution in [0.25, 0.3) is 0 Å². The minimum absolute atomic E-state index is 0.0792. The average Bonchev–Trinajstić information content (AvgIpc) is 2.71. The van der Waals surface area contributed by atoms with Crippen LogP contribution in [0.2, 0.25) is 0 Å². The summed E-state index contributed by atoms with van der Waals surface area (Å²) in [6.07, 6.45) is 1.57. The number of amides is 2. The van der Waals surface area contributed by atoms with Gasteiger partial charge in [-0.2, -0.15) is 0 Å². The largest absolute Gasteiger partial charge is 0.481 e. The zero-order valence-corrected chi connectivity index (χ0v) is 11.7. The third-order valence-electron chi connectivity index (χ3n) is 2.98. The van der Waals surface area contributed by atoms with Crippen LogP contribution in [-0.4, -0.2) is 35.6 Å². The van der Waals surface area contributed by atoms with Gasteiger partial charge >= 0.3 is 12.0 Å². The Balaban J connectivity index is 2.50. The number of furan rings is 1. The molecule has 0 aliphatic carbocycles. The zero-order chi connectivity index (χ0) is 14.6. The molecule has 106 valence electrons. The van der Waals surface area contributed by atoms with Crippen molar-refractivity contribution in [3.8, 4) is 0 Å². The Labute approximate surface area is 112 Å². The van der Waals surface area contributed by atoms with Crippen LogP contribution in [0.1, 0.15) is 25.2 Å². The summed E-state index contributed by atoms with van der Waals surface area (Å²) in [6, 6.07) is 1.50. The highest BCUT2D eigenvalue weighted by molar-refractivity contribution is 5.77. The summed E-state index contributed by atoms with van der Waals surface area (Å²) in [5.41, 5.74) is -0.0580. The number of hydrogen-bond acceptors (Lipinski definition) is 3. The van der Waals surface area contributed by atoms with Crippen LogP contribution in [0.5, 0.6) is 0 Å². The van der Waals surface area contributed by atoms with Crippen LogP contribution in [-0.2, 0) is 11.3 Å². The molecular formula is C13H20N2O4. The Morgan fingerprint density at radius 1 is 1.47 bits per heavy atom. The van der Waals surface area contributed by atoms with Gasteiger partial charge in [-0.25, -0.2) is 4.79 Å². The maximum absolute atomic E-state index is 11.8. The fourth-order valence-corrected chi connectivity index (χ4v) is 1.41. The van der Waals surface area contributed by atoms with Gasteiger partial charge in [0, 0.05) is 19.2 Å². The number of aliphatic carboxylic acids is 1. The Bertz CT molecular complexity index is 465. The van der Waals surface area contributed by atoms with E-state index >= 15 is 0 Å². The van der Waals surface area contributed by atoms with Crippen molar-refractivity contribution in [1.82, 2.24) is 10.2 Å². The van der Waals surface area contributed by atoms with Crippen molar-refractivity contribution in [2.75, 3.05) is 13.6 Å². The Morgan fingerprint density at radius 2 is 2.11 bits per heavy atom. The average molecular weight is 268 g/mol. The van der Waals surface area contributed by atoms with E-state index in [4.69, 9.17) is 9.52 Å². The second-order valence-electron chi connectivity index (χ2n) is 5.21. The number of nitrogens with zero attached hydrogens (tertiary/aromatic N) is 1. The normalized spacial score (nSPS) is 11.2. The van der Waals surface area contributed by atoms with E-state index in [0.717, 1.165) is 11.3 Å². The molecule has 0 aliphatic heterocycles. The van der Waals surface area contributed by atoms with E-state index in [0.29, 0.717) is 6.54 Å². The van der Waals surface area contributed by atoms with E-state index in [1.807, 2.05) is 6.92 Å². The van der Waals surface area contributed by atoms with Crippen molar-refractivity contribution in [1.29, 1.82) is 0 Å². The third kappa shape index (κ3) is 4.01. The molecule has 1 aromatic heterocycles. The summed E-state index contributed by atoms with van der Waals surface area (Å²) in [4.78, 5) is 24.3. The number of hydrogen-bond donors (Lipinski definition) is 2. The molecule has 0 aliphatic rings. The van der Waals surface area contributed by atoms with Gasteiger partial charge in [0.25, 0.3) is 0 Å². The number of urea groups is 1. The maximum atomic E-state index is 11.8. The molecule has 0 unspecified atom stereocenters. The molecule has 2 amide bonds. The van der Waals surface area contributed by atoms with Crippen LogP contribution >= 0.6 is 0 Å². The van der Waals surface area contributed by atoms with Crippen molar-refractivity contribution < 1.29 is 19.1 Å². The number of carbonyl (C=O) groups is 2. The summed E-state index contributed by atoms with van der Waals surface area (Å²) in [6.45, 7) is 5.46. The first-order valence-electron chi connectivity index (χ1n) is 5.99. The fourth-order valence-electron chi connectivity index (χ4n) is 1.41. The van der Waals surface area contributed by atoms with Crippen LogP contribution in [0.15, 0.2) is 16.7 Å². The van der Waals surface area contributed by atoms with Crippen LogP contribution < -0.4 is 5.32 Å². The molecule has 0 atom stereocenters. The number of carbonyl (C=O) groups excluding carboxylic acids is 1. The number of carboxylic acid groups (broad SMARTS) is 1. The van der Waals surface area contributed by atoms with Gasteiger partial charge in [0.2, 0.25) is 0 Å². The fraction of sp³-hybridized carbons (Fsp3) is 0.538. The second kappa shape index (κ2) is 5.77. The number of nitrogens with one attached hydrogen (secondary N) is 1. The van der Waals surface area contributed by atoms with E-state index in [9.17, 15) is 9.59 Å². The first-order chi connectivity index (χ1) is 8.74. The third-order valence-corrected chi connectivity index (χ3v) is 2.98. The number of aryl methyl sites for hydroxylation is 1. The van der Waals surface area contributed by atoms with Gasteiger partial charge in [0.15, 0.2) is 0 Å². The van der Waals surface area contributed by atoms with Crippen molar-refractivity contribution >= 4 is 12.0 Å². The Hall–Kier alpha value is -1.98. The SMILES string of the molecule is Cc1occc1CN(C)C(=O)NCC(C)(C)C(=O)O. The Kier molecular flexibility index (Phi) is 4.58. The molecule has 0 fully saturated rings. The van der Waals surface area contributed by atoms with Gasteiger partial charge in [-0.1, -0.05) is 0 Å².